The molecule has 1 atom stereocenters. The summed E-state index contributed by atoms with van der Waals surface area (Å²) in [5, 5.41) is 8.59. The molecule has 0 bridgehead atoms. The molecule has 1 amide bonds. The number of anilines is 1. The maximum Gasteiger partial charge on any atom is 0.254 e. The Morgan fingerprint density at radius 2 is 1.93 bits per heavy atom. The van der Waals surface area contributed by atoms with Gasteiger partial charge in [0.25, 0.3) is 5.91 Å². The molecule has 0 N–H and O–H groups in total. The van der Waals surface area contributed by atoms with Crippen LogP contribution in [-0.2, 0) is 0 Å². The van der Waals surface area contributed by atoms with Gasteiger partial charge in [-0.15, -0.1) is 5.10 Å². The Kier molecular flexibility index (Phi) is 4.62. The van der Waals surface area contributed by atoms with Crippen LogP contribution >= 0.6 is 0 Å². The largest absolute Gasteiger partial charge is 0.378 e. The molecule has 1 unspecified atom stereocenters. The van der Waals surface area contributed by atoms with Gasteiger partial charge in [0, 0.05) is 44.0 Å². The van der Waals surface area contributed by atoms with Crippen molar-refractivity contribution in [1.82, 2.24) is 19.9 Å². The molecule has 2 aromatic carbocycles. The van der Waals surface area contributed by atoms with Crippen LogP contribution in [0, 0.1) is 0 Å². The van der Waals surface area contributed by atoms with E-state index in [2.05, 4.69) is 10.3 Å². The highest BCUT2D eigenvalue weighted by molar-refractivity contribution is 5.95. The molecule has 1 aromatic heterocycles. The smallest absolute Gasteiger partial charge is 0.254 e. The molecule has 1 saturated heterocycles. The van der Waals surface area contributed by atoms with Gasteiger partial charge in [-0.25, -0.2) is 4.68 Å². The van der Waals surface area contributed by atoms with Gasteiger partial charge in [0.15, 0.2) is 0 Å². The average molecular weight is 361 g/mol. The molecule has 6 nitrogen and oxygen atoms in total. The molecular formula is C21H23N5O. The molecule has 1 aliphatic heterocycles. The zero-order valence-corrected chi connectivity index (χ0v) is 15.6. The van der Waals surface area contributed by atoms with E-state index in [1.54, 1.807) is 0 Å². The Bertz CT molecular complexity index is 935. The van der Waals surface area contributed by atoms with Crippen LogP contribution in [0.2, 0.25) is 0 Å². The van der Waals surface area contributed by atoms with Gasteiger partial charge in [-0.3, -0.25) is 4.79 Å². The number of rotatable bonds is 4. The lowest BCUT2D eigenvalue weighted by molar-refractivity contribution is 0.0787. The number of hydrogen-bond donors (Lipinski definition) is 0. The number of aromatic nitrogens is 3. The van der Waals surface area contributed by atoms with Crippen molar-refractivity contribution in [2.45, 2.75) is 12.5 Å². The molecule has 3 aromatic rings. The van der Waals surface area contributed by atoms with Gasteiger partial charge in [0.2, 0.25) is 0 Å². The fourth-order valence-corrected chi connectivity index (χ4v) is 3.44. The summed E-state index contributed by atoms with van der Waals surface area (Å²) in [6, 6.07) is 17.9. The van der Waals surface area contributed by atoms with Crippen LogP contribution in [0.15, 0.2) is 60.8 Å². The number of benzene rings is 2. The second-order valence-electron chi connectivity index (χ2n) is 7.09. The van der Waals surface area contributed by atoms with Gasteiger partial charge < -0.3 is 9.80 Å². The molecule has 0 spiro atoms. The summed E-state index contributed by atoms with van der Waals surface area (Å²) in [6.45, 7) is 1.39. The van der Waals surface area contributed by atoms with Crippen LogP contribution in [0.1, 0.15) is 22.8 Å². The van der Waals surface area contributed by atoms with Gasteiger partial charge in [0.05, 0.1) is 12.2 Å². The van der Waals surface area contributed by atoms with Gasteiger partial charge >= 0.3 is 0 Å². The Labute approximate surface area is 159 Å². The second kappa shape index (κ2) is 7.23. The Morgan fingerprint density at radius 1 is 1.11 bits per heavy atom. The minimum atomic E-state index is 0.0737. The maximum absolute atomic E-state index is 12.9. The molecule has 138 valence electrons. The number of amides is 1. The summed E-state index contributed by atoms with van der Waals surface area (Å²) in [7, 11) is 3.95. The number of nitrogens with zero attached hydrogens (tertiary/aromatic N) is 5. The van der Waals surface area contributed by atoms with Crippen LogP contribution in [0.25, 0.3) is 11.3 Å². The molecule has 0 aliphatic carbocycles. The summed E-state index contributed by atoms with van der Waals surface area (Å²) in [6.07, 6.45) is 2.86. The minimum absolute atomic E-state index is 0.0737. The quantitative estimate of drug-likeness (QED) is 0.717. The molecule has 0 saturated carbocycles. The summed E-state index contributed by atoms with van der Waals surface area (Å²) in [4.78, 5) is 16.8. The van der Waals surface area contributed by atoms with Crippen molar-refractivity contribution in [3.8, 4) is 11.3 Å². The average Bonchev–Trinajstić information content (AvgIpc) is 3.38. The van der Waals surface area contributed by atoms with Crippen molar-refractivity contribution >= 4 is 11.6 Å². The van der Waals surface area contributed by atoms with Crippen molar-refractivity contribution in [2.75, 3.05) is 32.1 Å². The van der Waals surface area contributed by atoms with Crippen molar-refractivity contribution in [3.63, 3.8) is 0 Å². The highest BCUT2D eigenvalue weighted by Crippen LogP contribution is 2.25. The molecule has 0 radical (unpaired) electrons. The minimum Gasteiger partial charge on any atom is -0.378 e. The molecule has 2 heterocycles. The molecular weight excluding hydrogens is 338 g/mol. The van der Waals surface area contributed by atoms with Crippen molar-refractivity contribution in [1.29, 1.82) is 0 Å². The van der Waals surface area contributed by atoms with Crippen LogP contribution in [-0.4, -0.2) is 53.0 Å². The highest BCUT2D eigenvalue weighted by Gasteiger charge is 2.29. The molecule has 6 heteroatoms. The predicted molar refractivity (Wildman–Crippen MR) is 106 cm³/mol. The van der Waals surface area contributed by atoms with E-state index in [0.717, 1.165) is 35.5 Å². The van der Waals surface area contributed by atoms with Crippen molar-refractivity contribution in [2.24, 2.45) is 0 Å². The van der Waals surface area contributed by atoms with Crippen molar-refractivity contribution < 1.29 is 4.79 Å². The van der Waals surface area contributed by atoms with E-state index in [1.165, 1.54) is 0 Å². The topological polar surface area (TPSA) is 54.3 Å². The van der Waals surface area contributed by atoms with Gasteiger partial charge in [-0.2, -0.15) is 0 Å². The third-order valence-electron chi connectivity index (χ3n) is 5.01. The van der Waals surface area contributed by atoms with E-state index in [9.17, 15) is 4.79 Å². The molecule has 4 rings (SSSR count). The number of carbonyl (C=O) groups excluding carboxylic acids is 1. The lowest BCUT2D eigenvalue weighted by Crippen LogP contribution is -2.29. The maximum atomic E-state index is 12.9. The standard InChI is InChI=1S/C21H23N5O/c1-24(2)18-10-6-9-17(13-18)21(27)25-12-11-19(14-25)26-15-20(22-23-26)16-7-4-3-5-8-16/h3-10,13,15,19H,11-12,14H2,1-2H3. The lowest BCUT2D eigenvalue weighted by atomic mass is 10.1. The third kappa shape index (κ3) is 3.56. The highest BCUT2D eigenvalue weighted by atomic mass is 16.2. The van der Waals surface area contributed by atoms with Crippen LogP contribution in [0.5, 0.6) is 0 Å². The summed E-state index contributed by atoms with van der Waals surface area (Å²) in [5.74, 6) is 0.0737. The van der Waals surface area contributed by atoms with Gasteiger partial charge in [-0.05, 0) is 24.6 Å². The van der Waals surface area contributed by atoms with E-state index < -0.39 is 0 Å². The predicted octanol–water partition coefficient (Wildman–Crippen LogP) is 3.10. The summed E-state index contributed by atoms with van der Waals surface area (Å²) < 4.78 is 1.89. The van der Waals surface area contributed by atoms with Gasteiger partial charge in [-0.1, -0.05) is 41.6 Å². The number of hydrogen-bond acceptors (Lipinski definition) is 4. The van der Waals surface area contributed by atoms with Gasteiger partial charge in [0.1, 0.15) is 5.69 Å². The third-order valence-corrected chi connectivity index (χ3v) is 5.01. The first-order valence-corrected chi connectivity index (χ1v) is 9.16. The zero-order chi connectivity index (χ0) is 18.8. The summed E-state index contributed by atoms with van der Waals surface area (Å²) >= 11 is 0. The Balaban J connectivity index is 1.47. The van der Waals surface area contributed by atoms with E-state index >= 15 is 0 Å². The number of likely N-dealkylation sites (tertiary alicyclic amines) is 1. The van der Waals surface area contributed by atoms with E-state index in [4.69, 9.17) is 0 Å². The first-order valence-electron chi connectivity index (χ1n) is 9.16. The second-order valence-corrected chi connectivity index (χ2v) is 7.09. The normalized spacial score (nSPS) is 16.5. The van der Waals surface area contributed by atoms with E-state index in [0.29, 0.717) is 6.54 Å². The Morgan fingerprint density at radius 3 is 2.70 bits per heavy atom. The zero-order valence-electron chi connectivity index (χ0n) is 15.6. The molecule has 1 aliphatic rings. The fraction of sp³-hybridized carbons (Fsp3) is 0.286. The number of carbonyl (C=O) groups is 1. The monoisotopic (exact) mass is 361 g/mol. The fourth-order valence-electron chi connectivity index (χ4n) is 3.44. The first kappa shape index (κ1) is 17.3. The van der Waals surface area contributed by atoms with E-state index in [1.807, 2.05) is 89.4 Å². The molecule has 27 heavy (non-hydrogen) atoms. The Hall–Kier alpha value is -3.15. The SMILES string of the molecule is CN(C)c1cccc(C(=O)N2CCC(n3cc(-c4ccccc4)nn3)C2)c1. The van der Waals surface area contributed by atoms with Crippen molar-refractivity contribution in [3.05, 3.63) is 66.4 Å². The molecule has 1 fully saturated rings. The lowest BCUT2D eigenvalue weighted by Gasteiger charge is -2.18. The first-order chi connectivity index (χ1) is 13.1. The van der Waals surface area contributed by atoms with E-state index in [-0.39, 0.29) is 11.9 Å². The van der Waals surface area contributed by atoms with Crippen LogP contribution < -0.4 is 4.90 Å². The van der Waals surface area contributed by atoms with Crippen LogP contribution in [0.3, 0.4) is 0 Å². The summed E-state index contributed by atoms with van der Waals surface area (Å²) in [5.41, 5.74) is 3.67. The van der Waals surface area contributed by atoms with Crippen LogP contribution in [0.4, 0.5) is 5.69 Å².